The molecule has 124 valence electrons. The largest absolute Gasteiger partial charge is 0.382 e. The third kappa shape index (κ3) is 3.12. The Balaban J connectivity index is 1.93. The number of hydrazone groups is 1. The molecule has 0 radical (unpaired) electrons. The summed E-state index contributed by atoms with van der Waals surface area (Å²) in [5.41, 5.74) is 10.5. The topological polar surface area (TPSA) is 140 Å². The molecule has 0 saturated carbocycles. The van der Waals surface area contributed by atoms with Gasteiger partial charge in [-0.1, -0.05) is 12.8 Å². The zero-order valence-electron chi connectivity index (χ0n) is 13.1. The van der Waals surface area contributed by atoms with Crippen LogP contribution in [-0.4, -0.2) is 35.0 Å². The second-order valence-corrected chi connectivity index (χ2v) is 5.59. The van der Waals surface area contributed by atoms with Crippen LogP contribution in [0.15, 0.2) is 21.9 Å². The zero-order chi connectivity index (χ0) is 16.9. The molecule has 1 aromatic carbocycles. The van der Waals surface area contributed by atoms with Crippen molar-refractivity contribution in [2.75, 3.05) is 23.4 Å². The lowest BCUT2D eigenvalue weighted by Gasteiger charge is -2.22. The van der Waals surface area contributed by atoms with E-state index < -0.39 is 5.84 Å². The number of aromatic nitrogens is 2. The molecule has 1 fully saturated rings. The summed E-state index contributed by atoms with van der Waals surface area (Å²) < 4.78 is 4.90. The Hall–Kier alpha value is -3.15. The van der Waals surface area contributed by atoms with Crippen LogP contribution in [0.3, 0.4) is 0 Å². The van der Waals surface area contributed by atoms with E-state index in [9.17, 15) is 0 Å². The predicted molar refractivity (Wildman–Crippen MR) is 91.1 cm³/mol. The number of nitrogens with one attached hydrogen (secondary N) is 2. The molecule has 9 heteroatoms. The van der Waals surface area contributed by atoms with Crippen LogP contribution >= 0.6 is 0 Å². The van der Waals surface area contributed by atoms with Crippen LogP contribution in [0.2, 0.25) is 0 Å². The van der Waals surface area contributed by atoms with E-state index in [1.165, 1.54) is 12.8 Å². The molecule has 9 nitrogen and oxygen atoms in total. The van der Waals surface area contributed by atoms with Crippen LogP contribution < -0.4 is 16.1 Å². The molecule has 1 aliphatic heterocycles. The van der Waals surface area contributed by atoms with E-state index in [-0.39, 0.29) is 5.71 Å². The molecule has 2 aromatic rings. The van der Waals surface area contributed by atoms with Crippen LogP contribution in [-0.2, 0) is 0 Å². The van der Waals surface area contributed by atoms with Crippen molar-refractivity contribution in [3.05, 3.63) is 12.1 Å². The number of rotatable bonds is 4. The summed E-state index contributed by atoms with van der Waals surface area (Å²) in [5.74, 6) is -0.402. The maximum atomic E-state index is 8.89. The van der Waals surface area contributed by atoms with Crippen molar-refractivity contribution in [1.82, 2.24) is 10.3 Å². The van der Waals surface area contributed by atoms with Crippen molar-refractivity contribution >= 4 is 34.0 Å². The smallest absolute Gasteiger partial charge is 0.201 e. The van der Waals surface area contributed by atoms with E-state index in [0.29, 0.717) is 16.7 Å². The number of nitriles is 1. The fraction of sp³-hybridized carbons (Fsp3) is 0.400. The molecule has 0 spiro atoms. The number of amidine groups is 1. The summed E-state index contributed by atoms with van der Waals surface area (Å²) >= 11 is 0. The number of nitrogens with two attached hydrogens (primary N) is 1. The van der Waals surface area contributed by atoms with Crippen molar-refractivity contribution in [2.45, 2.75) is 25.7 Å². The van der Waals surface area contributed by atoms with Crippen molar-refractivity contribution in [3.63, 3.8) is 0 Å². The van der Waals surface area contributed by atoms with Gasteiger partial charge in [-0.05, 0) is 35.3 Å². The SMILES string of the molecule is N#C/C(=N\Nc1ccc(N2CCCCCC2)c2nonc12)C(=N)N. The molecule has 0 amide bonds. The third-order valence-electron chi connectivity index (χ3n) is 3.99. The van der Waals surface area contributed by atoms with Gasteiger partial charge in [0, 0.05) is 13.1 Å². The summed E-state index contributed by atoms with van der Waals surface area (Å²) in [6.45, 7) is 1.96. The first kappa shape index (κ1) is 15.7. The van der Waals surface area contributed by atoms with Crippen LogP contribution in [0.1, 0.15) is 25.7 Å². The minimum absolute atomic E-state index is 0.198. The van der Waals surface area contributed by atoms with Gasteiger partial charge < -0.3 is 10.6 Å². The Morgan fingerprint density at radius 1 is 1.25 bits per heavy atom. The maximum Gasteiger partial charge on any atom is 0.201 e. The summed E-state index contributed by atoms with van der Waals surface area (Å²) in [4.78, 5) is 2.29. The van der Waals surface area contributed by atoms with Gasteiger partial charge in [-0.15, -0.1) is 0 Å². The first-order chi connectivity index (χ1) is 11.7. The molecule has 0 unspecified atom stereocenters. The number of hydrogen-bond donors (Lipinski definition) is 3. The third-order valence-corrected chi connectivity index (χ3v) is 3.99. The highest BCUT2D eigenvalue weighted by molar-refractivity contribution is 6.45. The molecule has 3 rings (SSSR count). The first-order valence-electron chi connectivity index (χ1n) is 7.79. The normalized spacial score (nSPS) is 15.8. The Bertz CT molecular complexity index is 810. The van der Waals surface area contributed by atoms with Gasteiger partial charge in [0.25, 0.3) is 0 Å². The van der Waals surface area contributed by atoms with E-state index in [1.807, 2.05) is 12.1 Å². The summed E-state index contributed by atoms with van der Waals surface area (Å²) in [6, 6.07) is 5.50. The molecule has 1 saturated heterocycles. The molecule has 2 heterocycles. The highest BCUT2D eigenvalue weighted by Crippen LogP contribution is 2.31. The van der Waals surface area contributed by atoms with Crippen molar-refractivity contribution < 1.29 is 4.63 Å². The highest BCUT2D eigenvalue weighted by Gasteiger charge is 2.18. The Kier molecular flexibility index (Phi) is 4.56. The minimum atomic E-state index is -0.402. The van der Waals surface area contributed by atoms with Crippen LogP contribution in [0, 0.1) is 16.7 Å². The fourth-order valence-electron chi connectivity index (χ4n) is 2.77. The van der Waals surface area contributed by atoms with Gasteiger partial charge in [0.15, 0.2) is 16.9 Å². The lowest BCUT2D eigenvalue weighted by molar-refractivity contribution is 0.315. The second-order valence-electron chi connectivity index (χ2n) is 5.59. The van der Waals surface area contributed by atoms with E-state index >= 15 is 0 Å². The van der Waals surface area contributed by atoms with Gasteiger partial charge in [0.2, 0.25) is 5.71 Å². The van der Waals surface area contributed by atoms with Gasteiger partial charge >= 0.3 is 0 Å². The van der Waals surface area contributed by atoms with Gasteiger partial charge in [0.05, 0.1) is 11.4 Å². The number of fused-ring (bicyclic) bond motifs is 1. The fourth-order valence-corrected chi connectivity index (χ4v) is 2.77. The number of nitrogens with zero attached hydrogens (tertiary/aromatic N) is 5. The lowest BCUT2D eigenvalue weighted by atomic mass is 10.2. The van der Waals surface area contributed by atoms with Gasteiger partial charge in [0.1, 0.15) is 6.07 Å². The van der Waals surface area contributed by atoms with Crippen molar-refractivity contribution in [2.24, 2.45) is 10.8 Å². The monoisotopic (exact) mass is 326 g/mol. The lowest BCUT2D eigenvalue weighted by Crippen LogP contribution is -2.24. The van der Waals surface area contributed by atoms with E-state index in [1.54, 1.807) is 6.07 Å². The Morgan fingerprint density at radius 3 is 2.62 bits per heavy atom. The average Bonchev–Trinajstić information content (AvgIpc) is 2.91. The molecular formula is C15H18N8O. The average molecular weight is 326 g/mol. The molecular weight excluding hydrogens is 308 g/mol. The Labute approximate surface area is 138 Å². The predicted octanol–water partition coefficient (Wildman–Crippen LogP) is 1.83. The second kappa shape index (κ2) is 6.95. The van der Waals surface area contributed by atoms with Crippen molar-refractivity contribution in [1.29, 1.82) is 10.7 Å². The number of anilines is 2. The molecule has 0 aliphatic carbocycles. The number of hydrogen-bond acceptors (Lipinski definition) is 8. The first-order valence-corrected chi connectivity index (χ1v) is 7.79. The molecule has 0 atom stereocenters. The van der Waals surface area contributed by atoms with Gasteiger partial charge in [-0.2, -0.15) is 10.4 Å². The molecule has 0 bridgehead atoms. The molecule has 1 aromatic heterocycles. The van der Waals surface area contributed by atoms with E-state index in [2.05, 4.69) is 25.7 Å². The quantitative estimate of drug-likeness (QED) is 0.442. The number of benzene rings is 1. The summed E-state index contributed by atoms with van der Waals surface area (Å²) in [6.07, 6.45) is 4.79. The molecule has 1 aliphatic rings. The van der Waals surface area contributed by atoms with Gasteiger partial charge in [-0.3, -0.25) is 10.8 Å². The highest BCUT2D eigenvalue weighted by atomic mass is 16.6. The zero-order valence-corrected chi connectivity index (χ0v) is 13.1. The summed E-state index contributed by atoms with van der Waals surface area (Å²) in [7, 11) is 0. The maximum absolute atomic E-state index is 8.89. The van der Waals surface area contributed by atoms with E-state index in [0.717, 1.165) is 31.6 Å². The Morgan fingerprint density at radius 2 is 1.96 bits per heavy atom. The minimum Gasteiger partial charge on any atom is -0.382 e. The molecule has 24 heavy (non-hydrogen) atoms. The van der Waals surface area contributed by atoms with E-state index in [4.69, 9.17) is 21.0 Å². The van der Waals surface area contributed by atoms with Crippen LogP contribution in [0.5, 0.6) is 0 Å². The van der Waals surface area contributed by atoms with Gasteiger partial charge in [-0.25, -0.2) is 4.63 Å². The van der Waals surface area contributed by atoms with Crippen molar-refractivity contribution in [3.8, 4) is 6.07 Å². The summed E-state index contributed by atoms with van der Waals surface area (Å²) in [5, 5.41) is 27.9. The van der Waals surface area contributed by atoms with Crippen LogP contribution in [0.25, 0.3) is 11.0 Å². The van der Waals surface area contributed by atoms with Crippen LogP contribution in [0.4, 0.5) is 11.4 Å². The standard InChI is InChI=1S/C15H18N8O/c16-9-11(15(17)18)20-19-10-5-6-12(14-13(10)21-24-22-14)23-7-3-1-2-4-8-23/h5-6,19H,1-4,7-8H2,(H3,17,18)/b20-11+. The molecule has 4 N–H and O–H groups in total.